The summed E-state index contributed by atoms with van der Waals surface area (Å²) in [6, 6.07) is 8.02. The standard InChI is InChI=1S/C15H10F2O3/c16-12-7-10(8-13(17)14(12)18)2-1-9-3-5-11(6-4-9)15(19)20/h1-8,18H,(H,19,20)/b2-1+. The fraction of sp³-hybridized carbons (Fsp3) is 0. The predicted molar refractivity (Wildman–Crippen MR) is 70.4 cm³/mol. The summed E-state index contributed by atoms with van der Waals surface area (Å²) < 4.78 is 26.2. The van der Waals surface area contributed by atoms with Gasteiger partial charge in [0.25, 0.3) is 0 Å². The molecule has 0 spiro atoms. The highest BCUT2D eigenvalue weighted by molar-refractivity contribution is 5.88. The monoisotopic (exact) mass is 276 g/mol. The van der Waals surface area contributed by atoms with Gasteiger partial charge in [0.2, 0.25) is 0 Å². The number of aromatic carboxylic acids is 1. The summed E-state index contributed by atoms with van der Waals surface area (Å²) in [6.07, 6.45) is 3.04. The van der Waals surface area contributed by atoms with Crippen molar-refractivity contribution in [3.8, 4) is 5.75 Å². The molecule has 2 aromatic rings. The van der Waals surface area contributed by atoms with Crippen LogP contribution in [0.25, 0.3) is 12.2 Å². The molecule has 102 valence electrons. The normalized spacial score (nSPS) is 10.9. The Morgan fingerprint density at radius 2 is 1.45 bits per heavy atom. The first kappa shape index (κ1) is 13.7. The van der Waals surface area contributed by atoms with Crippen LogP contribution >= 0.6 is 0 Å². The zero-order chi connectivity index (χ0) is 14.7. The van der Waals surface area contributed by atoms with Crippen LogP contribution in [0.5, 0.6) is 5.75 Å². The van der Waals surface area contributed by atoms with E-state index < -0.39 is 23.4 Å². The van der Waals surface area contributed by atoms with Crippen LogP contribution in [-0.2, 0) is 0 Å². The lowest BCUT2D eigenvalue weighted by molar-refractivity contribution is 0.0697. The van der Waals surface area contributed by atoms with Crippen LogP contribution in [0.1, 0.15) is 21.5 Å². The molecule has 0 aromatic heterocycles. The topological polar surface area (TPSA) is 57.5 Å². The molecule has 5 heteroatoms. The Kier molecular flexibility index (Phi) is 3.79. The third kappa shape index (κ3) is 3.00. The second-order valence-corrected chi connectivity index (χ2v) is 4.09. The first-order valence-corrected chi connectivity index (χ1v) is 5.67. The molecule has 0 saturated heterocycles. The molecule has 0 amide bonds. The van der Waals surface area contributed by atoms with E-state index in [2.05, 4.69) is 0 Å². The summed E-state index contributed by atoms with van der Waals surface area (Å²) in [5.74, 6) is -4.10. The highest BCUT2D eigenvalue weighted by Gasteiger charge is 2.07. The van der Waals surface area contributed by atoms with Gasteiger partial charge in [-0.15, -0.1) is 0 Å². The van der Waals surface area contributed by atoms with E-state index in [1.165, 1.54) is 18.2 Å². The van der Waals surface area contributed by atoms with E-state index in [0.29, 0.717) is 5.56 Å². The molecule has 3 nitrogen and oxygen atoms in total. The van der Waals surface area contributed by atoms with Gasteiger partial charge < -0.3 is 10.2 Å². The van der Waals surface area contributed by atoms with Gasteiger partial charge in [0, 0.05) is 0 Å². The van der Waals surface area contributed by atoms with Gasteiger partial charge in [-0.3, -0.25) is 0 Å². The Bertz CT molecular complexity index is 653. The van der Waals surface area contributed by atoms with Crippen molar-refractivity contribution in [1.29, 1.82) is 0 Å². The van der Waals surface area contributed by atoms with E-state index in [9.17, 15) is 13.6 Å². The summed E-state index contributed by atoms with van der Waals surface area (Å²) in [6.45, 7) is 0. The van der Waals surface area contributed by atoms with Gasteiger partial charge in [-0.05, 0) is 35.4 Å². The number of carboxylic acid groups (broad SMARTS) is 1. The van der Waals surface area contributed by atoms with Crippen molar-refractivity contribution >= 4 is 18.1 Å². The average molecular weight is 276 g/mol. The molecule has 0 aliphatic rings. The largest absolute Gasteiger partial charge is 0.503 e. The molecule has 0 unspecified atom stereocenters. The Morgan fingerprint density at radius 1 is 0.950 bits per heavy atom. The van der Waals surface area contributed by atoms with Crippen LogP contribution in [-0.4, -0.2) is 16.2 Å². The number of hydrogen-bond acceptors (Lipinski definition) is 2. The van der Waals surface area contributed by atoms with E-state index in [-0.39, 0.29) is 11.1 Å². The Balaban J connectivity index is 2.23. The van der Waals surface area contributed by atoms with Crippen LogP contribution in [0.2, 0.25) is 0 Å². The van der Waals surface area contributed by atoms with E-state index in [1.54, 1.807) is 18.2 Å². The second-order valence-electron chi connectivity index (χ2n) is 4.09. The molecule has 0 atom stereocenters. The van der Waals surface area contributed by atoms with Crippen molar-refractivity contribution < 1.29 is 23.8 Å². The van der Waals surface area contributed by atoms with Crippen LogP contribution in [0.15, 0.2) is 36.4 Å². The Morgan fingerprint density at radius 3 is 1.95 bits per heavy atom. The SMILES string of the molecule is O=C(O)c1ccc(/C=C/c2cc(F)c(O)c(F)c2)cc1. The minimum absolute atomic E-state index is 0.156. The number of benzene rings is 2. The molecule has 0 radical (unpaired) electrons. The van der Waals surface area contributed by atoms with Crippen molar-refractivity contribution in [3.05, 3.63) is 64.7 Å². The molecule has 0 bridgehead atoms. The molecule has 2 rings (SSSR count). The molecule has 2 aromatic carbocycles. The van der Waals surface area contributed by atoms with Crippen molar-refractivity contribution in [1.82, 2.24) is 0 Å². The third-order valence-electron chi connectivity index (χ3n) is 2.67. The van der Waals surface area contributed by atoms with E-state index in [0.717, 1.165) is 12.1 Å². The zero-order valence-electron chi connectivity index (χ0n) is 10.2. The second kappa shape index (κ2) is 5.52. The molecule has 2 N–H and O–H groups in total. The molecular formula is C15H10F2O3. The van der Waals surface area contributed by atoms with Gasteiger partial charge in [0.15, 0.2) is 17.4 Å². The van der Waals surface area contributed by atoms with Gasteiger partial charge in [0.05, 0.1) is 5.56 Å². The third-order valence-corrected chi connectivity index (χ3v) is 2.67. The number of phenols is 1. The van der Waals surface area contributed by atoms with Crippen LogP contribution in [0.4, 0.5) is 8.78 Å². The number of phenolic OH excluding ortho intramolecular Hbond substituents is 1. The minimum atomic E-state index is -1.04. The van der Waals surface area contributed by atoms with Gasteiger partial charge in [-0.1, -0.05) is 24.3 Å². The number of hydrogen-bond donors (Lipinski definition) is 2. The van der Waals surface area contributed by atoms with Crippen molar-refractivity contribution in [2.45, 2.75) is 0 Å². The number of rotatable bonds is 3. The summed E-state index contributed by atoms with van der Waals surface area (Å²) in [5, 5.41) is 17.7. The summed E-state index contributed by atoms with van der Waals surface area (Å²) in [7, 11) is 0. The Labute approximate surface area is 113 Å². The maximum absolute atomic E-state index is 13.1. The Hall–Kier alpha value is -2.69. The first-order chi connectivity index (χ1) is 9.47. The number of halogens is 2. The van der Waals surface area contributed by atoms with E-state index in [1.807, 2.05) is 0 Å². The summed E-state index contributed by atoms with van der Waals surface area (Å²) >= 11 is 0. The van der Waals surface area contributed by atoms with Gasteiger partial charge in [-0.2, -0.15) is 0 Å². The first-order valence-electron chi connectivity index (χ1n) is 5.67. The fourth-order valence-corrected chi connectivity index (χ4v) is 1.61. The minimum Gasteiger partial charge on any atom is -0.503 e. The molecular weight excluding hydrogens is 266 g/mol. The average Bonchev–Trinajstić information content (AvgIpc) is 2.42. The van der Waals surface area contributed by atoms with Gasteiger partial charge >= 0.3 is 5.97 Å². The van der Waals surface area contributed by atoms with Crippen LogP contribution in [0, 0.1) is 11.6 Å². The molecule has 20 heavy (non-hydrogen) atoms. The molecule has 0 heterocycles. The highest BCUT2D eigenvalue weighted by Crippen LogP contribution is 2.22. The summed E-state index contributed by atoms with van der Waals surface area (Å²) in [5.41, 5.74) is 1.09. The quantitative estimate of drug-likeness (QED) is 0.843. The number of carbonyl (C=O) groups is 1. The van der Waals surface area contributed by atoms with Gasteiger partial charge in [0.1, 0.15) is 0 Å². The molecule has 0 fully saturated rings. The van der Waals surface area contributed by atoms with E-state index in [4.69, 9.17) is 10.2 Å². The lowest BCUT2D eigenvalue weighted by Gasteiger charge is -2.00. The highest BCUT2D eigenvalue weighted by atomic mass is 19.1. The van der Waals surface area contributed by atoms with Crippen molar-refractivity contribution in [2.24, 2.45) is 0 Å². The molecule has 0 aliphatic carbocycles. The maximum atomic E-state index is 13.1. The maximum Gasteiger partial charge on any atom is 0.335 e. The fourth-order valence-electron chi connectivity index (χ4n) is 1.61. The summed E-state index contributed by atoms with van der Waals surface area (Å²) in [4.78, 5) is 10.7. The van der Waals surface area contributed by atoms with Crippen LogP contribution in [0.3, 0.4) is 0 Å². The molecule has 0 saturated carbocycles. The lowest BCUT2D eigenvalue weighted by Crippen LogP contribution is -1.94. The van der Waals surface area contributed by atoms with Crippen molar-refractivity contribution in [3.63, 3.8) is 0 Å². The number of aromatic hydroxyl groups is 1. The van der Waals surface area contributed by atoms with Crippen molar-refractivity contribution in [2.75, 3.05) is 0 Å². The van der Waals surface area contributed by atoms with Crippen LogP contribution < -0.4 is 0 Å². The number of carboxylic acids is 1. The molecule has 0 aliphatic heterocycles. The van der Waals surface area contributed by atoms with E-state index >= 15 is 0 Å². The smallest absolute Gasteiger partial charge is 0.335 e. The predicted octanol–water partition coefficient (Wildman–Crippen LogP) is 3.54. The lowest BCUT2D eigenvalue weighted by atomic mass is 10.1. The van der Waals surface area contributed by atoms with Gasteiger partial charge in [-0.25, -0.2) is 13.6 Å². The zero-order valence-corrected chi connectivity index (χ0v) is 10.2.